The second-order valence-corrected chi connectivity index (χ2v) is 2.21. The second kappa shape index (κ2) is 6.26. The monoisotopic (exact) mass is 219 g/mol. The van der Waals surface area contributed by atoms with E-state index < -0.39 is 11.9 Å². The number of hydrogen-bond donors (Lipinski definition) is 0. The second-order valence-electron chi connectivity index (χ2n) is 2.21. The summed E-state index contributed by atoms with van der Waals surface area (Å²) in [4.78, 5) is 24.6. The Morgan fingerprint density at radius 3 is 2.43 bits per heavy atom. The van der Waals surface area contributed by atoms with E-state index in [0.29, 0.717) is 0 Å². The Labute approximate surface area is 123 Å². The molecule has 1 aromatic rings. The van der Waals surface area contributed by atoms with Crippen LogP contribution in [0.4, 0.5) is 0 Å². The first-order valence-electron chi connectivity index (χ1n) is 3.41. The van der Waals surface area contributed by atoms with E-state index in [9.17, 15) is 14.7 Å². The first-order chi connectivity index (χ1) is 6.15. The fourth-order valence-corrected chi connectivity index (χ4v) is 0.753. The molecule has 0 atom stereocenters. The molecular formula is C8H6KNO4. The van der Waals surface area contributed by atoms with Crippen molar-refractivity contribution < 1.29 is 70.8 Å². The summed E-state index contributed by atoms with van der Waals surface area (Å²) >= 11 is 0. The Morgan fingerprint density at radius 1 is 1.43 bits per heavy atom. The molecule has 0 saturated heterocycles. The van der Waals surface area contributed by atoms with Gasteiger partial charge in [0.25, 0.3) is 0 Å². The number of methoxy groups -OCH3 is 1. The van der Waals surface area contributed by atoms with Crippen molar-refractivity contribution in [2.75, 3.05) is 7.11 Å². The predicted octanol–water partition coefficient (Wildman–Crippen LogP) is -3.76. The Bertz CT molecular complexity index is 336. The van der Waals surface area contributed by atoms with Crippen molar-refractivity contribution in [1.29, 1.82) is 0 Å². The summed E-state index contributed by atoms with van der Waals surface area (Å²) in [6, 6.07) is 2.49. The van der Waals surface area contributed by atoms with Crippen LogP contribution in [0.3, 0.4) is 0 Å². The maximum atomic E-state index is 10.9. The van der Waals surface area contributed by atoms with Crippen LogP contribution in [0.1, 0.15) is 20.8 Å². The quantitative estimate of drug-likeness (QED) is 0.377. The number of hydrogen-bond acceptors (Lipinski definition) is 5. The van der Waals surface area contributed by atoms with Gasteiger partial charge in [-0.3, -0.25) is 4.98 Å². The summed E-state index contributed by atoms with van der Waals surface area (Å²) in [6.07, 6.45) is 1.12. The fourth-order valence-electron chi connectivity index (χ4n) is 0.753. The third-order valence-corrected chi connectivity index (χ3v) is 1.39. The van der Waals surface area contributed by atoms with Crippen molar-refractivity contribution in [3.63, 3.8) is 0 Å². The summed E-state index contributed by atoms with van der Waals surface area (Å²) in [5, 5.41) is 10.3. The van der Waals surface area contributed by atoms with Crippen LogP contribution in [0, 0.1) is 0 Å². The van der Waals surface area contributed by atoms with Gasteiger partial charge in [-0.15, -0.1) is 0 Å². The van der Waals surface area contributed by atoms with Crippen LogP contribution in [0.5, 0.6) is 0 Å². The van der Waals surface area contributed by atoms with E-state index in [-0.39, 0.29) is 62.6 Å². The molecule has 0 radical (unpaired) electrons. The average molecular weight is 219 g/mol. The molecule has 68 valence electrons. The summed E-state index contributed by atoms with van der Waals surface area (Å²) in [7, 11) is 1.23. The molecule has 6 heteroatoms. The van der Waals surface area contributed by atoms with Gasteiger partial charge in [0, 0.05) is 6.20 Å². The van der Waals surface area contributed by atoms with Crippen molar-refractivity contribution in [3.05, 3.63) is 29.6 Å². The third-order valence-electron chi connectivity index (χ3n) is 1.39. The molecule has 0 aliphatic rings. The largest absolute Gasteiger partial charge is 1.00 e. The van der Waals surface area contributed by atoms with Crippen LogP contribution in [-0.4, -0.2) is 24.0 Å². The van der Waals surface area contributed by atoms with E-state index in [4.69, 9.17) is 0 Å². The minimum absolute atomic E-state index is 0. The number of pyridine rings is 1. The van der Waals surface area contributed by atoms with Crippen molar-refractivity contribution >= 4 is 11.9 Å². The van der Waals surface area contributed by atoms with Gasteiger partial charge in [-0.05, 0) is 12.1 Å². The summed E-state index contributed by atoms with van der Waals surface area (Å²) in [5.41, 5.74) is -0.0137. The molecule has 0 aromatic carbocycles. The van der Waals surface area contributed by atoms with Gasteiger partial charge in [-0.2, -0.15) is 0 Å². The van der Waals surface area contributed by atoms with Gasteiger partial charge in [-0.1, -0.05) is 0 Å². The van der Waals surface area contributed by atoms with Crippen molar-refractivity contribution in [2.24, 2.45) is 0 Å². The maximum Gasteiger partial charge on any atom is 1.00 e. The molecule has 0 aliphatic heterocycles. The van der Waals surface area contributed by atoms with Gasteiger partial charge in [0.1, 0.15) is 0 Å². The SMILES string of the molecule is COC(=O)c1ccc(C(=O)[O-])nc1.[K+]. The molecule has 0 N–H and O–H groups in total. The van der Waals surface area contributed by atoms with E-state index in [1.165, 1.54) is 19.2 Å². The van der Waals surface area contributed by atoms with Gasteiger partial charge in [0.05, 0.1) is 24.3 Å². The molecule has 1 aromatic heterocycles. The normalized spacial score (nSPS) is 8.64. The Kier molecular flexibility index (Phi) is 6.13. The number of nitrogens with zero attached hydrogens (tertiary/aromatic N) is 1. The molecule has 0 unspecified atom stereocenters. The zero-order valence-electron chi connectivity index (χ0n) is 7.81. The van der Waals surface area contributed by atoms with Crippen LogP contribution < -0.4 is 56.5 Å². The Hall–Kier alpha value is -0.274. The van der Waals surface area contributed by atoms with Crippen LogP contribution >= 0.6 is 0 Å². The number of carbonyl (C=O) groups excluding carboxylic acids is 2. The van der Waals surface area contributed by atoms with Gasteiger partial charge >= 0.3 is 57.4 Å². The molecule has 5 nitrogen and oxygen atoms in total. The van der Waals surface area contributed by atoms with Gasteiger partial charge in [-0.25, -0.2) is 4.79 Å². The van der Waals surface area contributed by atoms with Gasteiger partial charge in [0.15, 0.2) is 0 Å². The standard InChI is InChI=1S/C8H7NO4.K/c1-13-8(12)5-2-3-6(7(10)11)9-4-5;/h2-4H,1H3,(H,10,11);/q;+1/p-1. The van der Waals surface area contributed by atoms with Gasteiger partial charge < -0.3 is 14.6 Å². The molecule has 0 spiro atoms. The van der Waals surface area contributed by atoms with Crippen LogP contribution in [0.2, 0.25) is 0 Å². The molecule has 14 heavy (non-hydrogen) atoms. The Balaban J connectivity index is 0.00000169. The van der Waals surface area contributed by atoms with E-state index in [1.807, 2.05) is 0 Å². The number of rotatable bonds is 2. The summed E-state index contributed by atoms with van der Waals surface area (Å²) < 4.78 is 4.39. The third kappa shape index (κ3) is 3.47. The first-order valence-corrected chi connectivity index (χ1v) is 3.41. The summed E-state index contributed by atoms with van der Waals surface area (Å²) in [5.74, 6) is -1.94. The van der Waals surface area contributed by atoms with Crippen LogP contribution in [0.15, 0.2) is 18.3 Å². The molecule has 0 aliphatic carbocycles. The molecule has 0 bridgehead atoms. The minimum atomic E-state index is -1.38. The maximum absolute atomic E-state index is 10.9. The topological polar surface area (TPSA) is 79.3 Å². The van der Waals surface area contributed by atoms with E-state index >= 15 is 0 Å². The zero-order chi connectivity index (χ0) is 9.84. The van der Waals surface area contributed by atoms with Gasteiger partial charge in [0.2, 0.25) is 0 Å². The molecule has 0 amide bonds. The van der Waals surface area contributed by atoms with Crippen molar-refractivity contribution in [1.82, 2.24) is 4.98 Å². The first kappa shape index (κ1) is 13.7. The number of carboxylic acids is 1. The number of aromatic carboxylic acids is 1. The van der Waals surface area contributed by atoms with E-state index in [2.05, 4.69) is 9.72 Å². The number of ether oxygens (including phenoxy) is 1. The Morgan fingerprint density at radius 2 is 2.07 bits per heavy atom. The number of carbonyl (C=O) groups is 2. The summed E-state index contributed by atoms with van der Waals surface area (Å²) in [6.45, 7) is 0. The zero-order valence-corrected chi connectivity index (χ0v) is 10.9. The van der Waals surface area contributed by atoms with Crippen LogP contribution in [0.25, 0.3) is 0 Å². The fraction of sp³-hybridized carbons (Fsp3) is 0.125. The number of aromatic nitrogens is 1. The van der Waals surface area contributed by atoms with Crippen molar-refractivity contribution in [3.8, 4) is 0 Å². The molecule has 1 heterocycles. The molecular weight excluding hydrogens is 213 g/mol. The van der Waals surface area contributed by atoms with E-state index in [1.54, 1.807) is 0 Å². The molecule has 1 rings (SSSR count). The smallest absolute Gasteiger partial charge is 0.543 e. The average Bonchev–Trinajstić information content (AvgIpc) is 2.17. The minimum Gasteiger partial charge on any atom is -0.543 e. The van der Waals surface area contributed by atoms with Crippen LogP contribution in [-0.2, 0) is 4.74 Å². The molecule has 0 fully saturated rings. The van der Waals surface area contributed by atoms with E-state index in [0.717, 1.165) is 6.20 Å². The molecule has 0 saturated carbocycles. The van der Waals surface area contributed by atoms with Crippen molar-refractivity contribution in [2.45, 2.75) is 0 Å². The number of carboxylic acid groups (broad SMARTS) is 1. The number of esters is 1. The predicted molar refractivity (Wildman–Crippen MR) is 39.9 cm³/mol.